The van der Waals surface area contributed by atoms with Gasteiger partial charge >= 0.3 is 5.97 Å². The highest BCUT2D eigenvalue weighted by Crippen LogP contribution is 2.28. The number of hydrogen-bond acceptors (Lipinski definition) is 6. The molecule has 1 heterocycles. The maximum Gasteiger partial charge on any atom is 0.339 e. The standard InChI is InChI=1S/C18H20N2O5S/c1-10-7-14(11(2)26-10)18(23)25-9-17(22)20-15-8-13(19-12(3)21)5-6-16(15)24-4/h5-8H,9H2,1-4H3,(H,19,21)(H,20,22). The van der Waals surface area contributed by atoms with Crippen molar-refractivity contribution in [3.05, 3.63) is 39.6 Å². The summed E-state index contributed by atoms with van der Waals surface area (Å²) in [5.41, 5.74) is 1.34. The van der Waals surface area contributed by atoms with Crippen molar-refractivity contribution in [1.29, 1.82) is 0 Å². The molecule has 2 N–H and O–H groups in total. The Hall–Kier alpha value is -2.87. The van der Waals surface area contributed by atoms with E-state index in [2.05, 4.69) is 10.6 Å². The zero-order valence-corrected chi connectivity index (χ0v) is 15.8. The fourth-order valence-corrected chi connectivity index (χ4v) is 3.23. The average Bonchev–Trinajstić information content (AvgIpc) is 2.91. The summed E-state index contributed by atoms with van der Waals surface area (Å²) in [6.45, 7) is 4.68. The Morgan fingerprint density at radius 3 is 2.42 bits per heavy atom. The van der Waals surface area contributed by atoms with Crippen molar-refractivity contribution < 1.29 is 23.9 Å². The van der Waals surface area contributed by atoms with Gasteiger partial charge in [-0.25, -0.2) is 4.79 Å². The minimum atomic E-state index is -0.541. The van der Waals surface area contributed by atoms with Crippen molar-refractivity contribution in [1.82, 2.24) is 0 Å². The maximum atomic E-state index is 12.1. The Balaban J connectivity index is 2.01. The lowest BCUT2D eigenvalue weighted by atomic mass is 10.2. The van der Waals surface area contributed by atoms with Gasteiger partial charge in [0.2, 0.25) is 5.91 Å². The van der Waals surface area contributed by atoms with Crippen LogP contribution in [0.15, 0.2) is 24.3 Å². The van der Waals surface area contributed by atoms with E-state index >= 15 is 0 Å². The van der Waals surface area contributed by atoms with Crippen LogP contribution in [0.25, 0.3) is 0 Å². The van der Waals surface area contributed by atoms with Gasteiger partial charge in [-0.2, -0.15) is 0 Å². The number of benzene rings is 1. The average molecular weight is 376 g/mol. The Morgan fingerprint density at radius 2 is 1.85 bits per heavy atom. The molecule has 0 unspecified atom stereocenters. The van der Waals surface area contributed by atoms with E-state index in [1.54, 1.807) is 24.3 Å². The number of anilines is 2. The molecule has 2 rings (SSSR count). The number of rotatable bonds is 6. The highest BCUT2D eigenvalue weighted by Gasteiger charge is 2.16. The van der Waals surface area contributed by atoms with Gasteiger partial charge in [-0.3, -0.25) is 9.59 Å². The van der Waals surface area contributed by atoms with E-state index < -0.39 is 18.5 Å². The van der Waals surface area contributed by atoms with Gasteiger partial charge in [-0.15, -0.1) is 11.3 Å². The first-order chi connectivity index (χ1) is 12.3. The van der Waals surface area contributed by atoms with Crippen LogP contribution in [-0.2, 0) is 14.3 Å². The normalized spacial score (nSPS) is 10.2. The quantitative estimate of drug-likeness (QED) is 0.756. The summed E-state index contributed by atoms with van der Waals surface area (Å²) < 4.78 is 10.3. The summed E-state index contributed by atoms with van der Waals surface area (Å²) in [7, 11) is 1.46. The van der Waals surface area contributed by atoms with Gasteiger partial charge in [-0.1, -0.05) is 0 Å². The minimum Gasteiger partial charge on any atom is -0.495 e. The van der Waals surface area contributed by atoms with Crippen LogP contribution < -0.4 is 15.4 Å². The number of carbonyl (C=O) groups is 3. The van der Waals surface area contributed by atoms with Gasteiger partial charge in [0.15, 0.2) is 6.61 Å². The number of hydrogen-bond donors (Lipinski definition) is 2. The minimum absolute atomic E-state index is 0.234. The topological polar surface area (TPSA) is 93.7 Å². The summed E-state index contributed by atoms with van der Waals surface area (Å²) in [6, 6.07) is 6.56. The number of aryl methyl sites for hydroxylation is 2. The third-order valence-electron chi connectivity index (χ3n) is 3.39. The Kier molecular flexibility index (Phi) is 6.35. The lowest BCUT2D eigenvalue weighted by Gasteiger charge is -2.12. The molecule has 0 aliphatic heterocycles. The second-order valence-corrected chi connectivity index (χ2v) is 7.01. The molecule has 0 saturated carbocycles. The van der Waals surface area contributed by atoms with Gasteiger partial charge in [0, 0.05) is 22.4 Å². The molecule has 0 aliphatic rings. The van der Waals surface area contributed by atoms with Crippen LogP contribution in [-0.4, -0.2) is 31.5 Å². The van der Waals surface area contributed by atoms with E-state index in [0.717, 1.165) is 9.75 Å². The van der Waals surface area contributed by atoms with Crippen LogP contribution in [0, 0.1) is 13.8 Å². The summed E-state index contributed by atoms with van der Waals surface area (Å²) >= 11 is 1.49. The number of esters is 1. The summed E-state index contributed by atoms with van der Waals surface area (Å²) in [4.78, 5) is 37.2. The van der Waals surface area contributed by atoms with Crippen LogP contribution in [0.2, 0.25) is 0 Å². The summed E-state index contributed by atoms with van der Waals surface area (Å²) in [5, 5.41) is 5.23. The van der Waals surface area contributed by atoms with Crippen LogP contribution in [0.3, 0.4) is 0 Å². The number of nitrogens with one attached hydrogen (secondary N) is 2. The molecule has 0 radical (unpaired) electrons. The van der Waals surface area contributed by atoms with Crippen molar-refractivity contribution in [2.75, 3.05) is 24.4 Å². The van der Waals surface area contributed by atoms with Gasteiger partial charge in [0.05, 0.1) is 18.4 Å². The van der Waals surface area contributed by atoms with Crippen LogP contribution in [0.5, 0.6) is 5.75 Å². The fraction of sp³-hybridized carbons (Fsp3) is 0.278. The zero-order chi connectivity index (χ0) is 19.3. The highest BCUT2D eigenvalue weighted by molar-refractivity contribution is 7.12. The van der Waals surface area contributed by atoms with Crippen molar-refractivity contribution >= 4 is 40.5 Å². The zero-order valence-electron chi connectivity index (χ0n) is 15.0. The van der Waals surface area contributed by atoms with E-state index in [1.807, 2.05) is 13.8 Å². The third kappa shape index (κ3) is 5.06. The van der Waals surface area contributed by atoms with Crippen molar-refractivity contribution in [2.24, 2.45) is 0 Å². The molecule has 138 valence electrons. The van der Waals surface area contributed by atoms with Crippen LogP contribution in [0.4, 0.5) is 11.4 Å². The second-order valence-electron chi connectivity index (χ2n) is 5.55. The molecular formula is C18H20N2O5S. The monoisotopic (exact) mass is 376 g/mol. The highest BCUT2D eigenvalue weighted by atomic mass is 32.1. The fourth-order valence-electron chi connectivity index (χ4n) is 2.32. The summed E-state index contributed by atoms with van der Waals surface area (Å²) in [6.07, 6.45) is 0. The predicted octanol–water partition coefficient (Wildman–Crippen LogP) is 3.13. The Labute approximate surface area is 155 Å². The third-order valence-corrected chi connectivity index (χ3v) is 4.36. The maximum absolute atomic E-state index is 12.1. The molecule has 1 aromatic heterocycles. The molecule has 0 atom stereocenters. The van der Waals surface area contributed by atoms with E-state index in [4.69, 9.17) is 9.47 Å². The van der Waals surface area contributed by atoms with E-state index in [1.165, 1.54) is 25.4 Å². The van der Waals surface area contributed by atoms with Crippen LogP contribution in [0.1, 0.15) is 27.0 Å². The predicted molar refractivity (Wildman–Crippen MR) is 100 cm³/mol. The molecule has 0 saturated heterocycles. The molecule has 7 nitrogen and oxygen atoms in total. The smallest absolute Gasteiger partial charge is 0.339 e. The van der Waals surface area contributed by atoms with Crippen molar-refractivity contribution in [3.63, 3.8) is 0 Å². The molecule has 2 aromatic rings. The van der Waals surface area contributed by atoms with E-state index in [-0.39, 0.29) is 5.91 Å². The molecule has 1 aromatic carbocycles. The number of ether oxygens (including phenoxy) is 2. The molecule has 0 aliphatic carbocycles. The molecule has 0 bridgehead atoms. The van der Waals surface area contributed by atoms with Gasteiger partial charge in [-0.05, 0) is 38.1 Å². The van der Waals surface area contributed by atoms with E-state index in [9.17, 15) is 14.4 Å². The molecule has 26 heavy (non-hydrogen) atoms. The van der Waals surface area contributed by atoms with Gasteiger partial charge in [0.1, 0.15) is 5.75 Å². The first-order valence-corrected chi connectivity index (χ1v) is 8.61. The molecule has 2 amide bonds. The van der Waals surface area contributed by atoms with E-state index in [0.29, 0.717) is 22.7 Å². The molecule has 0 fully saturated rings. The second kappa shape index (κ2) is 8.48. The molecule has 0 spiro atoms. The van der Waals surface area contributed by atoms with Gasteiger partial charge < -0.3 is 20.1 Å². The lowest BCUT2D eigenvalue weighted by Crippen LogP contribution is -2.21. The summed E-state index contributed by atoms with van der Waals surface area (Å²) in [5.74, 6) is -0.868. The van der Waals surface area contributed by atoms with Crippen molar-refractivity contribution in [2.45, 2.75) is 20.8 Å². The number of thiophene rings is 1. The van der Waals surface area contributed by atoms with Gasteiger partial charge in [0.25, 0.3) is 5.91 Å². The number of carbonyl (C=O) groups excluding carboxylic acids is 3. The SMILES string of the molecule is COc1ccc(NC(C)=O)cc1NC(=O)COC(=O)c1cc(C)sc1C. The molecule has 8 heteroatoms. The van der Waals surface area contributed by atoms with Crippen molar-refractivity contribution in [3.8, 4) is 5.75 Å². The first kappa shape index (κ1) is 19.5. The van der Waals surface area contributed by atoms with Crippen LogP contribution >= 0.6 is 11.3 Å². The molecular weight excluding hydrogens is 356 g/mol. The number of methoxy groups -OCH3 is 1. The number of amides is 2. The Bertz CT molecular complexity index is 844. The largest absolute Gasteiger partial charge is 0.495 e. The Morgan fingerprint density at radius 1 is 1.12 bits per heavy atom. The first-order valence-electron chi connectivity index (χ1n) is 7.79. The lowest BCUT2D eigenvalue weighted by molar-refractivity contribution is -0.119.